The Morgan fingerprint density at radius 1 is 0.875 bits per heavy atom. The van der Waals surface area contributed by atoms with E-state index >= 15 is 0 Å². The van der Waals surface area contributed by atoms with Gasteiger partial charge < -0.3 is 21.3 Å². The molecule has 2 amide bonds. The second-order valence-corrected chi connectivity index (χ2v) is 10.5. The second kappa shape index (κ2) is 13.4. The van der Waals surface area contributed by atoms with E-state index in [4.69, 9.17) is 5.73 Å². The van der Waals surface area contributed by atoms with Crippen molar-refractivity contribution in [1.29, 1.82) is 0 Å². The molecule has 0 bridgehead atoms. The van der Waals surface area contributed by atoms with E-state index in [1.165, 1.54) is 10.8 Å². The summed E-state index contributed by atoms with van der Waals surface area (Å²) in [4.78, 5) is 28.6. The van der Waals surface area contributed by atoms with Crippen LogP contribution in [0.5, 0.6) is 0 Å². The summed E-state index contributed by atoms with van der Waals surface area (Å²) < 4.78 is 0. The molecule has 206 valence electrons. The molecular formula is C34H38N4O2. The molecule has 6 nitrogen and oxygen atoms in total. The third kappa shape index (κ3) is 6.76. The Morgan fingerprint density at radius 2 is 1.60 bits per heavy atom. The lowest BCUT2D eigenvalue weighted by Gasteiger charge is -2.25. The van der Waals surface area contributed by atoms with Gasteiger partial charge in [-0.05, 0) is 65.4 Å². The monoisotopic (exact) mass is 534 g/mol. The van der Waals surface area contributed by atoms with E-state index in [1.807, 2.05) is 59.5 Å². The lowest BCUT2D eigenvalue weighted by molar-refractivity contribution is -0.133. The van der Waals surface area contributed by atoms with E-state index in [9.17, 15) is 9.59 Å². The Labute approximate surface area is 236 Å². The minimum absolute atomic E-state index is 0.00288. The third-order valence-corrected chi connectivity index (χ3v) is 7.75. The number of carbonyl (C=O) groups excluding carboxylic acids is 2. The van der Waals surface area contributed by atoms with Gasteiger partial charge in [0.2, 0.25) is 5.91 Å². The van der Waals surface area contributed by atoms with E-state index < -0.39 is 0 Å². The van der Waals surface area contributed by atoms with Gasteiger partial charge in [-0.15, -0.1) is 0 Å². The summed E-state index contributed by atoms with van der Waals surface area (Å²) in [6.07, 6.45) is 3.26. The van der Waals surface area contributed by atoms with Crippen molar-refractivity contribution in [2.24, 2.45) is 5.73 Å². The molecule has 1 saturated heterocycles. The molecule has 1 heterocycles. The summed E-state index contributed by atoms with van der Waals surface area (Å²) in [5.74, 6) is 0.0135. The maximum atomic E-state index is 13.7. The zero-order valence-corrected chi connectivity index (χ0v) is 22.9. The zero-order valence-electron chi connectivity index (χ0n) is 22.9. The SMILES string of the molecule is NCCCCC1NC(CNC(=O)c2ccc(-c3ccccc3)cc2)CCN(Cc2cccc3ccccc23)C1=O. The third-order valence-electron chi connectivity index (χ3n) is 7.75. The molecule has 1 aliphatic rings. The van der Waals surface area contributed by atoms with Crippen molar-refractivity contribution >= 4 is 22.6 Å². The van der Waals surface area contributed by atoms with Gasteiger partial charge in [0.25, 0.3) is 5.91 Å². The predicted octanol–water partition coefficient (Wildman–Crippen LogP) is 5.12. The molecule has 0 radical (unpaired) electrons. The maximum Gasteiger partial charge on any atom is 0.251 e. The van der Waals surface area contributed by atoms with Crippen LogP contribution >= 0.6 is 0 Å². The molecule has 40 heavy (non-hydrogen) atoms. The molecule has 1 aliphatic heterocycles. The van der Waals surface area contributed by atoms with Crippen LogP contribution in [0.2, 0.25) is 0 Å². The van der Waals surface area contributed by atoms with Crippen LogP contribution in [0.1, 0.15) is 41.6 Å². The van der Waals surface area contributed by atoms with Crippen LogP contribution in [0.4, 0.5) is 0 Å². The summed E-state index contributed by atoms with van der Waals surface area (Å²) in [7, 11) is 0. The van der Waals surface area contributed by atoms with Crippen molar-refractivity contribution in [2.45, 2.75) is 44.3 Å². The van der Waals surface area contributed by atoms with Crippen LogP contribution in [0.25, 0.3) is 21.9 Å². The Morgan fingerprint density at radius 3 is 2.40 bits per heavy atom. The highest BCUT2D eigenvalue weighted by Gasteiger charge is 2.31. The van der Waals surface area contributed by atoms with Gasteiger partial charge in [0.15, 0.2) is 0 Å². The first-order valence-electron chi connectivity index (χ1n) is 14.3. The van der Waals surface area contributed by atoms with Crippen LogP contribution < -0.4 is 16.4 Å². The van der Waals surface area contributed by atoms with Crippen molar-refractivity contribution < 1.29 is 9.59 Å². The van der Waals surface area contributed by atoms with Crippen molar-refractivity contribution in [3.8, 4) is 11.1 Å². The van der Waals surface area contributed by atoms with Gasteiger partial charge in [-0.3, -0.25) is 9.59 Å². The van der Waals surface area contributed by atoms with Crippen molar-refractivity contribution in [3.63, 3.8) is 0 Å². The van der Waals surface area contributed by atoms with Gasteiger partial charge >= 0.3 is 0 Å². The average molecular weight is 535 g/mol. The standard InChI is InChI=1S/C34H38N4O2/c35-21-7-6-15-32-34(40)38(24-29-13-8-12-27-11-4-5-14-31(27)29)22-20-30(37-32)23-36-33(39)28-18-16-26(17-19-28)25-9-2-1-3-10-25/h1-5,8-14,16-19,30,32,37H,6-7,15,20-24,35H2,(H,36,39). The summed E-state index contributed by atoms with van der Waals surface area (Å²) >= 11 is 0. The summed E-state index contributed by atoms with van der Waals surface area (Å²) in [5.41, 5.74) is 9.71. The van der Waals surface area contributed by atoms with Crippen molar-refractivity contribution in [2.75, 3.05) is 19.6 Å². The number of hydrogen-bond acceptors (Lipinski definition) is 4. The number of nitrogens with two attached hydrogens (primary N) is 1. The van der Waals surface area contributed by atoms with Gasteiger partial charge in [0.1, 0.15) is 0 Å². The Bertz CT molecular complexity index is 1420. The fourth-order valence-electron chi connectivity index (χ4n) is 5.50. The van der Waals surface area contributed by atoms with Gasteiger partial charge in [0.05, 0.1) is 6.04 Å². The molecule has 0 saturated carbocycles. The molecule has 2 unspecified atom stereocenters. The van der Waals surface area contributed by atoms with Crippen LogP contribution in [0.3, 0.4) is 0 Å². The molecule has 6 heteroatoms. The topological polar surface area (TPSA) is 87.5 Å². The molecule has 5 rings (SSSR count). The lowest BCUT2D eigenvalue weighted by Crippen LogP contribution is -2.48. The molecule has 0 aliphatic carbocycles. The fourth-order valence-corrected chi connectivity index (χ4v) is 5.50. The second-order valence-electron chi connectivity index (χ2n) is 10.5. The Hall–Kier alpha value is -4.00. The normalized spacial score (nSPS) is 17.5. The van der Waals surface area contributed by atoms with Crippen LogP contribution in [-0.2, 0) is 11.3 Å². The molecule has 0 spiro atoms. The highest BCUT2D eigenvalue weighted by Crippen LogP contribution is 2.23. The first kappa shape index (κ1) is 27.6. The number of nitrogens with zero attached hydrogens (tertiary/aromatic N) is 1. The van der Waals surface area contributed by atoms with E-state index in [0.29, 0.717) is 31.7 Å². The summed E-state index contributed by atoms with van der Waals surface area (Å²) in [6, 6.07) is 32.1. The fraction of sp³-hybridized carbons (Fsp3) is 0.294. The van der Waals surface area contributed by atoms with E-state index in [2.05, 4.69) is 53.1 Å². The first-order chi connectivity index (χ1) is 19.6. The molecule has 4 aromatic carbocycles. The van der Waals surface area contributed by atoms with Crippen molar-refractivity contribution in [3.05, 3.63) is 108 Å². The number of amides is 2. The maximum absolute atomic E-state index is 13.7. The van der Waals surface area contributed by atoms with E-state index in [1.54, 1.807) is 0 Å². The number of fused-ring (bicyclic) bond motifs is 1. The van der Waals surface area contributed by atoms with Crippen LogP contribution in [0, 0.1) is 0 Å². The quantitative estimate of drug-likeness (QED) is 0.246. The Kier molecular flexibility index (Phi) is 9.22. The van der Waals surface area contributed by atoms with E-state index in [0.717, 1.165) is 42.4 Å². The molecule has 4 aromatic rings. The van der Waals surface area contributed by atoms with Crippen molar-refractivity contribution in [1.82, 2.24) is 15.5 Å². The number of benzene rings is 4. The average Bonchev–Trinajstić information content (AvgIpc) is 3.15. The number of hydrogen-bond donors (Lipinski definition) is 3. The first-order valence-corrected chi connectivity index (χ1v) is 14.3. The van der Waals surface area contributed by atoms with Gasteiger partial charge in [0, 0.05) is 31.2 Å². The lowest BCUT2D eigenvalue weighted by atomic mass is 10.0. The molecule has 2 atom stereocenters. The highest BCUT2D eigenvalue weighted by atomic mass is 16.2. The largest absolute Gasteiger partial charge is 0.350 e. The predicted molar refractivity (Wildman–Crippen MR) is 162 cm³/mol. The minimum atomic E-state index is -0.295. The number of unbranched alkanes of at least 4 members (excludes halogenated alkanes) is 1. The summed E-state index contributed by atoms with van der Waals surface area (Å²) in [5, 5.41) is 9.02. The van der Waals surface area contributed by atoms with Gasteiger partial charge in [-0.2, -0.15) is 0 Å². The van der Waals surface area contributed by atoms with E-state index in [-0.39, 0.29) is 23.9 Å². The zero-order chi connectivity index (χ0) is 27.7. The number of carbonyl (C=O) groups is 2. The van der Waals surface area contributed by atoms with Gasteiger partial charge in [-0.1, -0.05) is 91.3 Å². The van der Waals surface area contributed by atoms with Crippen LogP contribution in [0.15, 0.2) is 97.1 Å². The highest BCUT2D eigenvalue weighted by molar-refractivity contribution is 5.94. The Balaban J connectivity index is 1.25. The smallest absolute Gasteiger partial charge is 0.251 e. The molecule has 0 aromatic heterocycles. The molecule has 4 N–H and O–H groups in total. The number of rotatable bonds is 10. The minimum Gasteiger partial charge on any atom is -0.350 e. The molecule has 1 fully saturated rings. The van der Waals surface area contributed by atoms with Crippen LogP contribution in [-0.4, -0.2) is 48.4 Å². The molecular weight excluding hydrogens is 496 g/mol. The summed E-state index contributed by atoms with van der Waals surface area (Å²) in [6.45, 7) is 2.28. The van der Waals surface area contributed by atoms with Gasteiger partial charge in [-0.25, -0.2) is 0 Å². The number of nitrogens with one attached hydrogen (secondary N) is 2.